The van der Waals surface area contributed by atoms with Crippen LogP contribution in [0.15, 0.2) is 90.3 Å². The Balaban J connectivity index is 0.000000163. The third kappa shape index (κ3) is 3.09. The Kier molecular flexibility index (Phi) is 4.36. The third-order valence-electron chi connectivity index (χ3n) is 4.30. The van der Waals surface area contributed by atoms with Crippen LogP contribution in [0.3, 0.4) is 0 Å². The summed E-state index contributed by atoms with van der Waals surface area (Å²) >= 11 is 1.80. The average Bonchev–Trinajstić information content (AvgIpc) is 3.16. The summed E-state index contributed by atoms with van der Waals surface area (Å²) in [5.74, 6) is 1.03. The number of thiophene rings is 1. The summed E-state index contributed by atoms with van der Waals surface area (Å²) in [6.07, 6.45) is 0. The Morgan fingerprint density at radius 2 is 1.40 bits per heavy atom. The molecular weight excluding hydrogens is 324 g/mol. The van der Waals surface area contributed by atoms with Gasteiger partial charge in [0, 0.05) is 15.7 Å². The lowest BCUT2D eigenvalue weighted by molar-refractivity contribution is 0.407. The lowest BCUT2D eigenvalue weighted by atomic mass is 10.0. The van der Waals surface area contributed by atoms with E-state index in [-0.39, 0.29) is 0 Å². The second-order valence-electron chi connectivity index (χ2n) is 5.81. The van der Waals surface area contributed by atoms with Gasteiger partial charge in [-0.25, -0.2) is 0 Å². The van der Waals surface area contributed by atoms with Gasteiger partial charge in [-0.2, -0.15) is 0 Å². The Morgan fingerprint density at radius 1 is 0.720 bits per heavy atom. The highest BCUT2D eigenvalue weighted by atomic mass is 32.1. The van der Waals surface area contributed by atoms with Crippen LogP contribution in [0, 0.1) is 10.4 Å². The molecule has 0 N–H and O–H groups in total. The average molecular weight is 342 g/mol. The second kappa shape index (κ2) is 6.96. The van der Waals surface area contributed by atoms with Gasteiger partial charge in [-0.1, -0.05) is 72.8 Å². The first kappa shape index (κ1) is 15.7. The lowest BCUT2D eigenvalue weighted by Gasteiger charge is -2.08. The number of hydrogen-bond donors (Lipinski definition) is 0. The summed E-state index contributed by atoms with van der Waals surface area (Å²) in [5.41, 5.74) is 3.90. The van der Waals surface area contributed by atoms with Gasteiger partial charge in [0.05, 0.1) is 7.11 Å². The van der Waals surface area contributed by atoms with Crippen LogP contribution in [0.25, 0.3) is 21.6 Å². The van der Waals surface area contributed by atoms with Gasteiger partial charge in [0.25, 0.3) is 0 Å². The van der Waals surface area contributed by atoms with Crippen LogP contribution in [0.4, 0.5) is 0 Å². The van der Waals surface area contributed by atoms with E-state index < -0.39 is 0 Å². The fraction of sp³-hybridized carbons (Fsp3) is 0.0435. The van der Waals surface area contributed by atoms with E-state index in [1.165, 1.54) is 32.0 Å². The summed E-state index contributed by atoms with van der Waals surface area (Å²) in [6, 6.07) is 29.5. The van der Waals surface area contributed by atoms with Crippen molar-refractivity contribution in [3.8, 4) is 27.3 Å². The van der Waals surface area contributed by atoms with Gasteiger partial charge in [-0.05, 0) is 33.9 Å². The van der Waals surface area contributed by atoms with Gasteiger partial charge in [0.2, 0.25) is 0 Å². The molecule has 0 saturated carbocycles. The maximum absolute atomic E-state index is 4.97. The molecule has 2 aliphatic carbocycles. The summed E-state index contributed by atoms with van der Waals surface area (Å²) in [4.78, 5) is 1.34. The molecule has 1 nitrogen and oxygen atoms in total. The molecule has 0 atom stereocenters. The summed E-state index contributed by atoms with van der Waals surface area (Å²) in [6.45, 7) is 0. The van der Waals surface area contributed by atoms with Crippen molar-refractivity contribution in [3.63, 3.8) is 0 Å². The highest BCUT2D eigenvalue weighted by molar-refractivity contribution is 7.14. The molecular formula is C23H18OS. The number of benzene rings is 3. The van der Waals surface area contributed by atoms with Crippen molar-refractivity contribution < 1.29 is 4.74 Å². The fourth-order valence-electron chi connectivity index (χ4n) is 2.89. The summed E-state index contributed by atoms with van der Waals surface area (Å²) in [5, 5.41) is 4.78. The van der Waals surface area contributed by atoms with E-state index in [1.807, 2.05) is 6.07 Å². The van der Waals surface area contributed by atoms with Crippen molar-refractivity contribution in [2.75, 3.05) is 7.11 Å². The highest BCUT2D eigenvalue weighted by Gasteiger charge is 2.07. The van der Waals surface area contributed by atoms with Crippen LogP contribution >= 0.6 is 11.3 Å². The van der Waals surface area contributed by atoms with Gasteiger partial charge < -0.3 is 4.74 Å². The first-order valence-electron chi connectivity index (χ1n) is 8.23. The van der Waals surface area contributed by atoms with Crippen LogP contribution in [0.1, 0.15) is 0 Å². The molecule has 5 rings (SSSR count). The SMILES string of the molecule is COc1cc2ccc1=2.c1ccc(-c2ccsc2-c2ccccc2)cc1. The molecule has 25 heavy (non-hydrogen) atoms. The maximum atomic E-state index is 4.97. The third-order valence-corrected chi connectivity index (χ3v) is 5.26. The molecule has 0 saturated heterocycles. The molecule has 3 aromatic rings. The summed E-state index contributed by atoms with van der Waals surface area (Å²) in [7, 11) is 1.70. The minimum absolute atomic E-state index is 1.03. The lowest BCUT2D eigenvalue weighted by Crippen LogP contribution is -1.92. The molecule has 2 aromatic carbocycles. The Bertz CT molecular complexity index is 1010. The van der Waals surface area contributed by atoms with E-state index in [2.05, 4.69) is 84.2 Å². The van der Waals surface area contributed by atoms with Gasteiger partial charge in [-0.3, -0.25) is 0 Å². The van der Waals surface area contributed by atoms with Crippen molar-refractivity contribution in [1.29, 1.82) is 0 Å². The van der Waals surface area contributed by atoms with Crippen molar-refractivity contribution >= 4 is 11.3 Å². The van der Waals surface area contributed by atoms with E-state index >= 15 is 0 Å². The van der Waals surface area contributed by atoms with E-state index in [0.29, 0.717) is 0 Å². The molecule has 1 aromatic heterocycles. The molecule has 0 unspecified atom stereocenters. The van der Waals surface area contributed by atoms with Gasteiger partial charge in [0.15, 0.2) is 0 Å². The van der Waals surface area contributed by atoms with Crippen LogP contribution in [0.2, 0.25) is 0 Å². The minimum Gasteiger partial charge on any atom is -0.496 e. The normalized spacial score (nSPS) is 10.6. The van der Waals surface area contributed by atoms with Crippen LogP contribution in [-0.4, -0.2) is 7.11 Å². The fourth-order valence-corrected chi connectivity index (χ4v) is 3.82. The molecule has 0 radical (unpaired) electrons. The first-order chi connectivity index (χ1) is 12.4. The standard InChI is InChI=1S/C16H12S.C7H6O/c1-3-7-13(8-4-1)15-11-12-17-16(15)14-9-5-2-6-10-14;1-8-7-4-5-2-3-6(5)7/h1-12H;2-4H,1H3. The first-order valence-corrected chi connectivity index (χ1v) is 9.11. The molecule has 0 aliphatic heterocycles. The number of methoxy groups -OCH3 is 1. The molecule has 0 fully saturated rings. The smallest absolute Gasteiger partial charge is 0.127 e. The molecule has 2 heteroatoms. The molecule has 0 bridgehead atoms. The van der Waals surface area contributed by atoms with Crippen molar-refractivity contribution in [2.24, 2.45) is 0 Å². The Labute approximate surface area is 151 Å². The quantitative estimate of drug-likeness (QED) is 0.370. The number of rotatable bonds is 3. The summed E-state index contributed by atoms with van der Waals surface area (Å²) < 4.78 is 4.97. The van der Waals surface area contributed by atoms with Crippen LogP contribution in [0.5, 0.6) is 5.75 Å². The monoisotopic (exact) mass is 342 g/mol. The zero-order valence-corrected chi connectivity index (χ0v) is 14.8. The Hall–Kier alpha value is -2.84. The zero-order valence-electron chi connectivity index (χ0n) is 14.0. The van der Waals surface area contributed by atoms with Crippen LogP contribution < -0.4 is 4.74 Å². The topological polar surface area (TPSA) is 9.23 Å². The maximum Gasteiger partial charge on any atom is 0.127 e. The predicted molar refractivity (Wildman–Crippen MR) is 106 cm³/mol. The van der Waals surface area contributed by atoms with Crippen molar-refractivity contribution in [2.45, 2.75) is 0 Å². The molecule has 2 aliphatic rings. The van der Waals surface area contributed by atoms with E-state index in [9.17, 15) is 0 Å². The number of ether oxygens (including phenoxy) is 1. The van der Waals surface area contributed by atoms with Gasteiger partial charge in [-0.15, -0.1) is 11.3 Å². The molecule has 0 amide bonds. The van der Waals surface area contributed by atoms with Crippen molar-refractivity contribution in [1.82, 2.24) is 0 Å². The molecule has 1 heterocycles. The highest BCUT2D eigenvalue weighted by Crippen LogP contribution is 2.36. The number of hydrogen-bond acceptors (Lipinski definition) is 2. The van der Waals surface area contributed by atoms with Crippen LogP contribution in [-0.2, 0) is 0 Å². The van der Waals surface area contributed by atoms with E-state index in [4.69, 9.17) is 4.74 Å². The molecule has 0 spiro atoms. The largest absolute Gasteiger partial charge is 0.496 e. The predicted octanol–water partition coefficient (Wildman–Crippen LogP) is 6.38. The van der Waals surface area contributed by atoms with E-state index in [0.717, 1.165) is 5.75 Å². The zero-order chi connectivity index (χ0) is 17.1. The molecule has 122 valence electrons. The second-order valence-corrected chi connectivity index (χ2v) is 6.73. The minimum atomic E-state index is 1.03. The van der Waals surface area contributed by atoms with Gasteiger partial charge >= 0.3 is 0 Å². The van der Waals surface area contributed by atoms with Crippen molar-refractivity contribution in [3.05, 3.63) is 101 Å². The Morgan fingerprint density at radius 3 is 1.88 bits per heavy atom. The van der Waals surface area contributed by atoms with Gasteiger partial charge in [0.1, 0.15) is 5.75 Å². The van der Waals surface area contributed by atoms with E-state index in [1.54, 1.807) is 18.4 Å².